The molecule has 0 heterocycles. The highest BCUT2D eigenvalue weighted by Crippen LogP contribution is 2.42. The summed E-state index contributed by atoms with van der Waals surface area (Å²) in [6.07, 6.45) is 3.18. The number of amides is 1. The van der Waals surface area contributed by atoms with Crippen LogP contribution in [0.15, 0.2) is 0 Å². The monoisotopic (exact) mass is 257 g/mol. The molecule has 1 aliphatic carbocycles. The molecule has 0 aliphatic heterocycles. The van der Waals surface area contributed by atoms with E-state index in [-0.39, 0.29) is 17.2 Å². The van der Waals surface area contributed by atoms with E-state index < -0.39 is 12.0 Å². The smallest absolute Gasteiger partial charge is 0.326 e. The molecule has 1 saturated carbocycles. The molecule has 0 aromatic rings. The second-order valence-electron chi connectivity index (χ2n) is 5.61. The Bertz CT molecular complexity index is 314. The van der Waals surface area contributed by atoms with Crippen molar-refractivity contribution < 1.29 is 19.4 Å². The Kier molecular flexibility index (Phi) is 5.14. The van der Waals surface area contributed by atoms with Gasteiger partial charge in [-0.05, 0) is 18.3 Å². The zero-order valence-corrected chi connectivity index (χ0v) is 11.4. The van der Waals surface area contributed by atoms with E-state index in [9.17, 15) is 9.59 Å². The van der Waals surface area contributed by atoms with Gasteiger partial charge in [-0.3, -0.25) is 4.79 Å². The second-order valence-corrected chi connectivity index (χ2v) is 5.61. The fourth-order valence-electron chi connectivity index (χ4n) is 2.58. The van der Waals surface area contributed by atoms with Crippen LogP contribution in [-0.2, 0) is 14.3 Å². The third-order valence-electron chi connectivity index (χ3n) is 3.80. The van der Waals surface area contributed by atoms with Gasteiger partial charge in [-0.15, -0.1) is 0 Å². The molecular formula is C13H23NO4. The molecule has 1 aliphatic rings. The minimum absolute atomic E-state index is 0.0333. The normalized spacial score (nSPS) is 23.6. The predicted molar refractivity (Wildman–Crippen MR) is 67.2 cm³/mol. The SMILES string of the molecule is COCCC(NC(=O)C1CCCC1(C)C)C(=O)O. The quantitative estimate of drug-likeness (QED) is 0.754. The number of hydrogen-bond donors (Lipinski definition) is 2. The minimum Gasteiger partial charge on any atom is -0.480 e. The summed E-state index contributed by atoms with van der Waals surface area (Å²) in [5.74, 6) is -1.22. The summed E-state index contributed by atoms with van der Waals surface area (Å²) in [6, 6.07) is -0.853. The molecule has 0 aromatic carbocycles. The molecule has 0 aromatic heterocycles. The summed E-state index contributed by atoms with van der Waals surface area (Å²) < 4.78 is 4.86. The third kappa shape index (κ3) is 3.70. The lowest BCUT2D eigenvalue weighted by molar-refractivity contribution is -0.143. The number of carboxylic acids is 1. The van der Waals surface area contributed by atoms with E-state index in [1.165, 1.54) is 7.11 Å². The van der Waals surface area contributed by atoms with E-state index in [2.05, 4.69) is 19.2 Å². The Labute approximate surface area is 108 Å². The van der Waals surface area contributed by atoms with E-state index in [0.717, 1.165) is 19.3 Å². The minimum atomic E-state index is -1.00. The van der Waals surface area contributed by atoms with Crippen LogP contribution in [0.3, 0.4) is 0 Å². The van der Waals surface area contributed by atoms with Gasteiger partial charge in [-0.1, -0.05) is 20.3 Å². The number of ether oxygens (including phenoxy) is 1. The van der Waals surface area contributed by atoms with Crippen LogP contribution in [-0.4, -0.2) is 36.7 Å². The van der Waals surface area contributed by atoms with Crippen molar-refractivity contribution in [3.05, 3.63) is 0 Å². The summed E-state index contributed by atoms with van der Waals surface area (Å²) in [7, 11) is 1.51. The average molecular weight is 257 g/mol. The van der Waals surface area contributed by atoms with Crippen molar-refractivity contribution in [1.29, 1.82) is 0 Å². The summed E-state index contributed by atoms with van der Waals surface area (Å²) in [5, 5.41) is 11.7. The number of rotatable bonds is 6. The average Bonchev–Trinajstić information content (AvgIpc) is 2.63. The van der Waals surface area contributed by atoms with E-state index in [1.807, 2.05) is 0 Å². The summed E-state index contributed by atoms with van der Waals surface area (Å²) in [5.41, 5.74) is -0.0333. The third-order valence-corrected chi connectivity index (χ3v) is 3.80. The Morgan fingerprint density at radius 1 is 1.50 bits per heavy atom. The maximum Gasteiger partial charge on any atom is 0.326 e. The predicted octanol–water partition coefficient (Wildman–Crippen LogP) is 1.42. The van der Waals surface area contributed by atoms with Gasteiger partial charge in [0.1, 0.15) is 6.04 Å². The van der Waals surface area contributed by atoms with Gasteiger partial charge in [0.15, 0.2) is 0 Å². The van der Waals surface area contributed by atoms with Gasteiger partial charge in [0.2, 0.25) is 5.91 Å². The lowest BCUT2D eigenvalue weighted by atomic mass is 9.81. The molecule has 5 nitrogen and oxygen atoms in total. The van der Waals surface area contributed by atoms with Crippen LogP contribution in [0.2, 0.25) is 0 Å². The molecule has 1 rings (SSSR count). The van der Waals surface area contributed by atoms with E-state index >= 15 is 0 Å². The van der Waals surface area contributed by atoms with Crippen LogP contribution in [0.1, 0.15) is 39.5 Å². The number of nitrogens with one attached hydrogen (secondary N) is 1. The number of carbonyl (C=O) groups excluding carboxylic acids is 1. The van der Waals surface area contributed by atoms with Crippen molar-refractivity contribution in [2.24, 2.45) is 11.3 Å². The standard InChI is InChI=1S/C13H23NO4/c1-13(2)7-4-5-9(13)11(15)14-10(12(16)17)6-8-18-3/h9-10H,4-8H2,1-3H3,(H,14,15)(H,16,17). The zero-order chi connectivity index (χ0) is 13.8. The lowest BCUT2D eigenvalue weighted by Crippen LogP contribution is -2.46. The van der Waals surface area contributed by atoms with Gasteiger partial charge in [0, 0.05) is 26.1 Å². The highest BCUT2D eigenvalue weighted by molar-refractivity contribution is 5.85. The maximum atomic E-state index is 12.1. The van der Waals surface area contributed by atoms with Crippen LogP contribution < -0.4 is 5.32 Å². The number of hydrogen-bond acceptors (Lipinski definition) is 3. The molecule has 2 unspecified atom stereocenters. The van der Waals surface area contributed by atoms with E-state index in [0.29, 0.717) is 13.0 Å². The summed E-state index contributed by atoms with van der Waals surface area (Å²) in [6.45, 7) is 4.45. The highest BCUT2D eigenvalue weighted by Gasteiger charge is 2.40. The van der Waals surface area contributed by atoms with Crippen molar-refractivity contribution in [2.45, 2.75) is 45.6 Å². The first-order chi connectivity index (χ1) is 8.38. The molecule has 104 valence electrons. The molecule has 0 spiro atoms. The first kappa shape index (κ1) is 15.0. The Morgan fingerprint density at radius 3 is 2.61 bits per heavy atom. The number of carbonyl (C=O) groups is 2. The molecule has 1 fully saturated rings. The van der Waals surface area contributed by atoms with Crippen molar-refractivity contribution in [2.75, 3.05) is 13.7 Å². The Hall–Kier alpha value is -1.10. The largest absolute Gasteiger partial charge is 0.480 e. The number of carboxylic acid groups (broad SMARTS) is 1. The maximum absolute atomic E-state index is 12.1. The zero-order valence-electron chi connectivity index (χ0n) is 11.4. The molecule has 0 saturated heterocycles. The summed E-state index contributed by atoms with van der Waals surface area (Å²) in [4.78, 5) is 23.2. The van der Waals surface area contributed by atoms with E-state index in [4.69, 9.17) is 9.84 Å². The van der Waals surface area contributed by atoms with Gasteiger partial charge in [-0.2, -0.15) is 0 Å². The topological polar surface area (TPSA) is 75.6 Å². The fourth-order valence-corrected chi connectivity index (χ4v) is 2.58. The highest BCUT2D eigenvalue weighted by atomic mass is 16.5. The van der Waals surface area contributed by atoms with Crippen LogP contribution in [0.4, 0.5) is 0 Å². The van der Waals surface area contributed by atoms with Crippen LogP contribution in [0.25, 0.3) is 0 Å². The lowest BCUT2D eigenvalue weighted by Gasteiger charge is -2.27. The number of aliphatic carboxylic acids is 1. The molecule has 5 heteroatoms. The fraction of sp³-hybridized carbons (Fsp3) is 0.846. The van der Waals surface area contributed by atoms with Crippen molar-refractivity contribution in [3.8, 4) is 0 Å². The van der Waals surface area contributed by atoms with Crippen molar-refractivity contribution in [1.82, 2.24) is 5.32 Å². The second kappa shape index (κ2) is 6.18. The summed E-state index contributed by atoms with van der Waals surface area (Å²) >= 11 is 0. The van der Waals surface area contributed by atoms with Gasteiger partial charge >= 0.3 is 5.97 Å². The van der Waals surface area contributed by atoms with Crippen LogP contribution in [0.5, 0.6) is 0 Å². The van der Waals surface area contributed by atoms with E-state index in [1.54, 1.807) is 0 Å². The van der Waals surface area contributed by atoms with Gasteiger partial charge < -0.3 is 15.2 Å². The molecule has 2 atom stereocenters. The van der Waals surface area contributed by atoms with Crippen LogP contribution in [0, 0.1) is 11.3 Å². The first-order valence-corrected chi connectivity index (χ1v) is 6.40. The molecule has 18 heavy (non-hydrogen) atoms. The Balaban J connectivity index is 2.58. The van der Waals surface area contributed by atoms with Gasteiger partial charge in [0.05, 0.1) is 0 Å². The number of methoxy groups -OCH3 is 1. The van der Waals surface area contributed by atoms with Crippen molar-refractivity contribution >= 4 is 11.9 Å². The molecule has 1 amide bonds. The molecule has 2 N–H and O–H groups in total. The Morgan fingerprint density at radius 2 is 2.17 bits per heavy atom. The van der Waals surface area contributed by atoms with Crippen LogP contribution >= 0.6 is 0 Å². The molecule has 0 bridgehead atoms. The van der Waals surface area contributed by atoms with Crippen molar-refractivity contribution in [3.63, 3.8) is 0 Å². The molecular weight excluding hydrogens is 234 g/mol. The molecule has 0 radical (unpaired) electrons. The van der Waals surface area contributed by atoms with Gasteiger partial charge in [0.25, 0.3) is 0 Å². The van der Waals surface area contributed by atoms with Gasteiger partial charge in [-0.25, -0.2) is 4.79 Å². The first-order valence-electron chi connectivity index (χ1n) is 6.40.